The molecule has 2 N–H and O–H groups in total. The van der Waals surface area contributed by atoms with Crippen LogP contribution in [0.4, 0.5) is 0 Å². The summed E-state index contributed by atoms with van der Waals surface area (Å²) in [6.45, 7) is 6.29. The van der Waals surface area contributed by atoms with Crippen LogP contribution in [0.3, 0.4) is 0 Å². The minimum Gasteiger partial charge on any atom is -0.316 e. The van der Waals surface area contributed by atoms with Crippen molar-refractivity contribution < 1.29 is 0 Å². The van der Waals surface area contributed by atoms with Gasteiger partial charge in [-0.25, -0.2) is 0 Å². The smallest absolute Gasteiger partial charge is 0.00770 e. The fourth-order valence-electron chi connectivity index (χ4n) is 0.558. The van der Waals surface area contributed by atoms with Crippen LogP contribution in [0, 0.1) is 0 Å². The number of hydrogen-bond acceptors (Lipinski definition) is 3. The Morgan fingerprint density at radius 2 is 1.55 bits per heavy atom. The monoisotopic (exact) mass is 220 g/mol. The van der Waals surface area contributed by atoms with E-state index in [-0.39, 0.29) is 24.8 Å². The standard InChI is InChI=1S/C6H16N2S.2ClH/c1-2-7-3-4-8-5-6-9;;/h7-9H,2-6H2,1H3;2*1H. The fourth-order valence-corrected chi connectivity index (χ4v) is 0.716. The van der Waals surface area contributed by atoms with Gasteiger partial charge in [0.15, 0.2) is 0 Å². The molecule has 0 aliphatic carbocycles. The molecule has 0 fully saturated rings. The van der Waals surface area contributed by atoms with Gasteiger partial charge in [-0.05, 0) is 6.54 Å². The fraction of sp³-hybridized carbons (Fsp3) is 1.00. The summed E-state index contributed by atoms with van der Waals surface area (Å²) in [6.07, 6.45) is 0. The molecule has 11 heavy (non-hydrogen) atoms. The van der Waals surface area contributed by atoms with Crippen LogP contribution in [-0.2, 0) is 0 Å². The highest BCUT2D eigenvalue weighted by molar-refractivity contribution is 7.80. The van der Waals surface area contributed by atoms with Crippen LogP contribution in [0.5, 0.6) is 0 Å². The van der Waals surface area contributed by atoms with Crippen LogP contribution in [0.2, 0.25) is 0 Å². The Bertz CT molecular complexity index is 51.8. The van der Waals surface area contributed by atoms with Gasteiger partial charge in [0.2, 0.25) is 0 Å². The maximum atomic E-state index is 4.06. The number of likely N-dealkylation sites (N-methyl/N-ethyl adjacent to an activating group) is 1. The summed E-state index contributed by atoms with van der Waals surface area (Å²) in [5, 5.41) is 6.45. The first kappa shape index (κ1) is 17.8. The zero-order valence-corrected chi connectivity index (χ0v) is 9.33. The van der Waals surface area contributed by atoms with Crippen molar-refractivity contribution in [3.63, 3.8) is 0 Å². The van der Waals surface area contributed by atoms with Crippen LogP contribution in [0.1, 0.15) is 6.92 Å². The molecule has 0 aromatic carbocycles. The summed E-state index contributed by atoms with van der Waals surface area (Å²) in [4.78, 5) is 0. The lowest BCUT2D eigenvalue weighted by molar-refractivity contribution is 0.643. The van der Waals surface area contributed by atoms with Crippen molar-refractivity contribution >= 4 is 37.4 Å². The van der Waals surface area contributed by atoms with Gasteiger partial charge in [0.1, 0.15) is 0 Å². The second-order valence-corrected chi connectivity index (χ2v) is 2.27. The first-order valence-corrected chi connectivity index (χ1v) is 4.07. The van der Waals surface area contributed by atoms with E-state index in [1.807, 2.05) is 0 Å². The van der Waals surface area contributed by atoms with Gasteiger partial charge in [-0.3, -0.25) is 0 Å². The third-order valence-corrected chi connectivity index (χ3v) is 1.24. The highest BCUT2D eigenvalue weighted by Crippen LogP contribution is 1.66. The van der Waals surface area contributed by atoms with Crippen molar-refractivity contribution in [1.29, 1.82) is 0 Å². The van der Waals surface area contributed by atoms with Crippen LogP contribution in [0.15, 0.2) is 0 Å². The molecule has 0 rings (SSSR count). The molecule has 72 valence electrons. The van der Waals surface area contributed by atoms with Gasteiger partial charge in [0.05, 0.1) is 0 Å². The Labute approximate surface area is 87.1 Å². The predicted octanol–water partition coefficient (Wildman–Crippen LogP) is 0.959. The van der Waals surface area contributed by atoms with Crippen molar-refractivity contribution in [1.82, 2.24) is 10.6 Å². The Morgan fingerprint density at radius 3 is 2.00 bits per heavy atom. The second kappa shape index (κ2) is 17.1. The molecule has 0 aliphatic rings. The topological polar surface area (TPSA) is 24.1 Å². The van der Waals surface area contributed by atoms with Gasteiger partial charge in [-0.15, -0.1) is 24.8 Å². The van der Waals surface area contributed by atoms with E-state index >= 15 is 0 Å². The van der Waals surface area contributed by atoms with Crippen molar-refractivity contribution in [3.05, 3.63) is 0 Å². The lowest BCUT2D eigenvalue weighted by atomic mass is 10.5. The molecular formula is C6H18Cl2N2S. The molecule has 0 aromatic rings. The number of halogens is 2. The molecule has 0 aromatic heterocycles. The van der Waals surface area contributed by atoms with Crippen LogP contribution in [0.25, 0.3) is 0 Å². The highest BCUT2D eigenvalue weighted by atomic mass is 35.5. The molecule has 0 saturated heterocycles. The maximum absolute atomic E-state index is 4.06. The summed E-state index contributed by atoms with van der Waals surface area (Å²) in [5.41, 5.74) is 0. The molecule has 2 nitrogen and oxygen atoms in total. The van der Waals surface area contributed by atoms with E-state index in [4.69, 9.17) is 0 Å². The number of thiol groups is 1. The molecule has 0 radical (unpaired) electrons. The number of hydrogen-bond donors (Lipinski definition) is 3. The van der Waals surface area contributed by atoms with Gasteiger partial charge in [0.25, 0.3) is 0 Å². The van der Waals surface area contributed by atoms with Crippen LogP contribution >= 0.6 is 37.4 Å². The quantitative estimate of drug-likeness (QED) is 0.459. The van der Waals surface area contributed by atoms with Crippen LogP contribution < -0.4 is 10.6 Å². The molecule has 0 aliphatic heterocycles. The summed E-state index contributed by atoms with van der Waals surface area (Å²) in [7, 11) is 0. The van der Waals surface area contributed by atoms with Gasteiger partial charge in [-0.1, -0.05) is 6.92 Å². The minimum atomic E-state index is 0. The molecule has 0 amide bonds. The molecule has 5 heteroatoms. The summed E-state index contributed by atoms with van der Waals surface area (Å²) >= 11 is 4.06. The molecule has 0 saturated carbocycles. The Hall–Kier alpha value is 0.850. The third-order valence-electron chi connectivity index (χ3n) is 1.02. The summed E-state index contributed by atoms with van der Waals surface area (Å²) in [5.74, 6) is 0.923. The van der Waals surface area contributed by atoms with E-state index in [0.717, 1.165) is 31.9 Å². The lowest BCUT2D eigenvalue weighted by Crippen LogP contribution is -2.28. The molecule has 0 unspecified atom stereocenters. The SMILES string of the molecule is CCNCCNCCS.Cl.Cl. The van der Waals surface area contributed by atoms with E-state index in [9.17, 15) is 0 Å². The van der Waals surface area contributed by atoms with Gasteiger partial charge in [0, 0.05) is 25.4 Å². The Balaban J connectivity index is -0.000000320. The molecule has 0 atom stereocenters. The van der Waals surface area contributed by atoms with E-state index in [1.165, 1.54) is 0 Å². The zero-order chi connectivity index (χ0) is 6.95. The average Bonchev–Trinajstić information content (AvgIpc) is 1.89. The molecular weight excluding hydrogens is 203 g/mol. The van der Waals surface area contributed by atoms with Crippen molar-refractivity contribution in [3.8, 4) is 0 Å². The van der Waals surface area contributed by atoms with E-state index in [2.05, 4.69) is 30.2 Å². The predicted molar refractivity (Wildman–Crippen MR) is 59.8 cm³/mol. The number of nitrogens with one attached hydrogen (secondary N) is 2. The van der Waals surface area contributed by atoms with E-state index in [0.29, 0.717) is 0 Å². The average molecular weight is 221 g/mol. The Morgan fingerprint density at radius 1 is 1.00 bits per heavy atom. The van der Waals surface area contributed by atoms with E-state index < -0.39 is 0 Å². The third kappa shape index (κ3) is 18.1. The summed E-state index contributed by atoms with van der Waals surface area (Å²) < 4.78 is 0. The number of rotatable bonds is 6. The van der Waals surface area contributed by atoms with Gasteiger partial charge in [-0.2, -0.15) is 12.6 Å². The zero-order valence-electron chi connectivity index (χ0n) is 6.80. The first-order chi connectivity index (χ1) is 4.41. The Kier molecular flexibility index (Phi) is 27.7. The molecule has 0 heterocycles. The molecule has 0 bridgehead atoms. The largest absolute Gasteiger partial charge is 0.316 e. The van der Waals surface area contributed by atoms with Crippen molar-refractivity contribution in [2.24, 2.45) is 0 Å². The van der Waals surface area contributed by atoms with Gasteiger partial charge < -0.3 is 10.6 Å². The lowest BCUT2D eigenvalue weighted by Gasteiger charge is -2.01. The van der Waals surface area contributed by atoms with Gasteiger partial charge >= 0.3 is 0 Å². The van der Waals surface area contributed by atoms with E-state index in [1.54, 1.807) is 0 Å². The maximum Gasteiger partial charge on any atom is 0.00770 e. The second-order valence-electron chi connectivity index (χ2n) is 1.83. The minimum absolute atomic E-state index is 0. The normalized spacial score (nSPS) is 8.18. The molecule has 0 spiro atoms. The summed E-state index contributed by atoms with van der Waals surface area (Å²) in [6, 6.07) is 0. The van der Waals surface area contributed by atoms with Crippen molar-refractivity contribution in [2.75, 3.05) is 31.9 Å². The van der Waals surface area contributed by atoms with Crippen LogP contribution in [-0.4, -0.2) is 31.9 Å². The first-order valence-electron chi connectivity index (χ1n) is 3.44. The highest BCUT2D eigenvalue weighted by Gasteiger charge is 1.82. The van der Waals surface area contributed by atoms with Crippen molar-refractivity contribution in [2.45, 2.75) is 6.92 Å².